The zero-order valence-electron chi connectivity index (χ0n) is 15.5. The SMILES string of the molecule is COc1ccc(C(=O)NCc2ccsc2)cc1S(=O)(=O)N1CCCCC1C. The first-order valence-corrected chi connectivity index (χ1v) is 11.3. The number of hydrogen-bond acceptors (Lipinski definition) is 5. The minimum absolute atomic E-state index is 0.0435. The van der Waals surface area contributed by atoms with Gasteiger partial charge in [-0.15, -0.1) is 0 Å². The normalized spacial score (nSPS) is 18.2. The van der Waals surface area contributed by atoms with Crippen LogP contribution in [0, 0.1) is 0 Å². The third-order valence-corrected chi connectivity index (χ3v) is 7.55. The maximum Gasteiger partial charge on any atom is 0.251 e. The number of sulfonamides is 1. The number of rotatable bonds is 6. The summed E-state index contributed by atoms with van der Waals surface area (Å²) in [5.41, 5.74) is 1.31. The molecule has 6 nitrogen and oxygen atoms in total. The van der Waals surface area contributed by atoms with E-state index in [1.165, 1.54) is 17.5 Å². The second-order valence-electron chi connectivity index (χ2n) is 6.64. The molecular formula is C19H24N2O4S2. The number of benzene rings is 1. The summed E-state index contributed by atoms with van der Waals surface area (Å²) in [7, 11) is -2.30. The quantitative estimate of drug-likeness (QED) is 0.796. The van der Waals surface area contributed by atoms with Gasteiger partial charge in [-0.3, -0.25) is 4.79 Å². The molecule has 1 unspecified atom stereocenters. The molecular weight excluding hydrogens is 384 g/mol. The van der Waals surface area contributed by atoms with Crippen molar-refractivity contribution in [3.8, 4) is 5.75 Å². The van der Waals surface area contributed by atoms with Crippen LogP contribution in [-0.4, -0.2) is 38.3 Å². The maximum atomic E-state index is 13.2. The molecule has 1 fully saturated rings. The molecule has 1 saturated heterocycles. The number of methoxy groups -OCH3 is 1. The lowest BCUT2D eigenvalue weighted by molar-refractivity contribution is 0.0950. The number of thiophene rings is 1. The van der Waals surface area contributed by atoms with Crippen LogP contribution in [0.15, 0.2) is 39.9 Å². The van der Waals surface area contributed by atoms with Crippen LogP contribution in [0.1, 0.15) is 42.1 Å². The second kappa shape index (κ2) is 8.41. The van der Waals surface area contributed by atoms with Gasteiger partial charge in [-0.25, -0.2) is 8.42 Å². The van der Waals surface area contributed by atoms with E-state index in [1.54, 1.807) is 23.5 Å². The summed E-state index contributed by atoms with van der Waals surface area (Å²) in [6, 6.07) is 6.41. The van der Waals surface area contributed by atoms with Gasteiger partial charge >= 0.3 is 0 Å². The van der Waals surface area contributed by atoms with E-state index >= 15 is 0 Å². The van der Waals surface area contributed by atoms with Gasteiger partial charge in [-0.1, -0.05) is 6.42 Å². The molecule has 0 aliphatic carbocycles. The average molecular weight is 409 g/mol. The van der Waals surface area contributed by atoms with E-state index < -0.39 is 10.0 Å². The van der Waals surface area contributed by atoms with Crippen LogP contribution in [0.3, 0.4) is 0 Å². The van der Waals surface area contributed by atoms with Gasteiger partial charge in [0.1, 0.15) is 10.6 Å². The van der Waals surface area contributed by atoms with E-state index in [0.717, 1.165) is 24.8 Å². The molecule has 1 aliphatic rings. The predicted octanol–water partition coefficient (Wildman–Crippen LogP) is 3.25. The van der Waals surface area contributed by atoms with Gasteiger partial charge in [0.2, 0.25) is 10.0 Å². The number of carbonyl (C=O) groups excluding carboxylic acids is 1. The molecule has 1 aromatic heterocycles. The topological polar surface area (TPSA) is 75.7 Å². The third-order valence-electron chi connectivity index (χ3n) is 4.79. The molecule has 2 heterocycles. The monoisotopic (exact) mass is 408 g/mol. The average Bonchev–Trinajstić information content (AvgIpc) is 3.19. The molecule has 0 radical (unpaired) electrons. The highest BCUT2D eigenvalue weighted by Gasteiger charge is 2.33. The van der Waals surface area contributed by atoms with E-state index in [-0.39, 0.29) is 22.6 Å². The van der Waals surface area contributed by atoms with Gasteiger partial charge in [0, 0.05) is 24.7 Å². The number of amides is 1. The summed E-state index contributed by atoms with van der Waals surface area (Å²) < 4.78 is 33.2. The molecule has 0 saturated carbocycles. The summed E-state index contributed by atoms with van der Waals surface area (Å²) in [6.45, 7) is 2.81. The summed E-state index contributed by atoms with van der Waals surface area (Å²) in [4.78, 5) is 12.5. The second-order valence-corrected chi connectivity index (χ2v) is 9.28. The van der Waals surface area contributed by atoms with E-state index in [1.807, 2.05) is 23.8 Å². The van der Waals surface area contributed by atoms with Gasteiger partial charge in [0.05, 0.1) is 7.11 Å². The van der Waals surface area contributed by atoms with Crippen molar-refractivity contribution in [3.63, 3.8) is 0 Å². The van der Waals surface area contributed by atoms with Crippen molar-refractivity contribution in [1.82, 2.24) is 9.62 Å². The van der Waals surface area contributed by atoms with E-state index in [0.29, 0.717) is 18.7 Å². The first kappa shape index (κ1) is 19.9. The van der Waals surface area contributed by atoms with Gasteiger partial charge in [0.25, 0.3) is 5.91 Å². The van der Waals surface area contributed by atoms with Crippen molar-refractivity contribution in [2.45, 2.75) is 43.7 Å². The van der Waals surface area contributed by atoms with Crippen molar-refractivity contribution in [1.29, 1.82) is 0 Å². The van der Waals surface area contributed by atoms with Crippen LogP contribution in [0.25, 0.3) is 0 Å². The highest BCUT2D eigenvalue weighted by Crippen LogP contribution is 2.31. The van der Waals surface area contributed by atoms with Crippen molar-refractivity contribution < 1.29 is 17.9 Å². The van der Waals surface area contributed by atoms with E-state index in [4.69, 9.17) is 4.74 Å². The van der Waals surface area contributed by atoms with Gasteiger partial charge in [0.15, 0.2) is 0 Å². The smallest absolute Gasteiger partial charge is 0.251 e. The van der Waals surface area contributed by atoms with Crippen molar-refractivity contribution in [2.24, 2.45) is 0 Å². The van der Waals surface area contributed by atoms with Crippen LogP contribution in [0.4, 0.5) is 0 Å². The van der Waals surface area contributed by atoms with Crippen LogP contribution in [-0.2, 0) is 16.6 Å². The number of carbonyl (C=O) groups is 1. The van der Waals surface area contributed by atoms with E-state index in [2.05, 4.69) is 5.32 Å². The van der Waals surface area contributed by atoms with E-state index in [9.17, 15) is 13.2 Å². The Labute approximate surface area is 164 Å². The molecule has 3 rings (SSSR count). The summed E-state index contributed by atoms with van der Waals surface area (Å²) in [5.74, 6) is -0.0610. The zero-order chi connectivity index (χ0) is 19.4. The highest BCUT2D eigenvalue weighted by atomic mass is 32.2. The molecule has 27 heavy (non-hydrogen) atoms. The number of hydrogen-bond donors (Lipinski definition) is 1. The first-order chi connectivity index (χ1) is 12.9. The summed E-state index contributed by atoms with van der Waals surface area (Å²) in [6.07, 6.45) is 2.70. The van der Waals surface area contributed by atoms with Crippen molar-refractivity contribution in [3.05, 3.63) is 46.2 Å². The molecule has 1 amide bonds. The number of nitrogens with zero attached hydrogens (tertiary/aromatic N) is 1. The van der Waals surface area contributed by atoms with Gasteiger partial charge < -0.3 is 10.1 Å². The van der Waals surface area contributed by atoms with Crippen LogP contribution in [0.5, 0.6) is 5.75 Å². The van der Waals surface area contributed by atoms with Gasteiger partial charge in [-0.05, 0) is 60.4 Å². The molecule has 146 valence electrons. The Balaban J connectivity index is 1.87. The zero-order valence-corrected chi connectivity index (χ0v) is 17.1. The molecule has 1 atom stereocenters. The molecule has 0 spiro atoms. The third kappa shape index (κ3) is 4.34. The Hall–Kier alpha value is -1.90. The summed E-state index contributed by atoms with van der Waals surface area (Å²) >= 11 is 1.56. The van der Waals surface area contributed by atoms with Crippen molar-refractivity contribution in [2.75, 3.05) is 13.7 Å². The highest BCUT2D eigenvalue weighted by molar-refractivity contribution is 7.89. The molecule has 8 heteroatoms. The Morgan fingerprint density at radius 3 is 2.81 bits per heavy atom. The standard InChI is InChI=1S/C19H24N2O4S2/c1-14-5-3-4-9-21(14)27(23,24)18-11-16(6-7-17(18)25-2)19(22)20-12-15-8-10-26-13-15/h6-8,10-11,13-14H,3-5,9,12H2,1-2H3,(H,20,22). The Kier molecular flexibility index (Phi) is 6.18. The Bertz CT molecular complexity index is 894. The minimum Gasteiger partial charge on any atom is -0.495 e. The Morgan fingerprint density at radius 2 is 2.15 bits per heavy atom. The van der Waals surface area contributed by atoms with Crippen molar-refractivity contribution >= 4 is 27.3 Å². The first-order valence-electron chi connectivity index (χ1n) is 8.92. The maximum absolute atomic E-state index is 13.2. The van der Waals surface area contributed by atoms with Crippen LogP contribution in [0.2, 0.25) is 0 Å². The van der Waals surface area contributed by atoms with Gasteiger partial charge in [-0.2, -0.15) is 15.6 Å². The van der Waals surface area contributed by atoms with Crippen LogP contribution >= 0.6 is 11.3 Å². The molecule has 1 aromatic carbocycles. The minimum atomic E-state index is -3.74. The predicted molar refractivity (Wildman–Crippen MR) is 106 cm³/mol. The fourth-order valence-corrected chi connectivity index (χ4v) is 5.80. The molecule has 2 aromatic rings. The number of ether oxygens (including phenoxy) is 1. The summed E-state index contributed by atoms with van der Waals surface area (Å²) in [5, 5.41) is 6.73. The number of nitrogens with one attached hydrogen (secondary N) is 1. The molecule has 1 aliphatic heterocycles. The molecule has 1 N–H and O–H groups in total. The number of piperidine rings is 1. The lowest BCUT2D eigenvalue weighted by atomic mass is 10.1. The largest absolute Gasteiger partial charge is 0.495 e. The lowest BCUT2D eigenvalue weighted by Crippen LogP contribution is -2.42. The molecule has 0 bridgehead atoms. The fourth-order valence-electron chi connectivity index (χ4n) is 3.25. The lowest BCUT2D eigenvalue weighted by Gasteiger charge is -2.32. The fraction of sp³-hybridized carbons (Fsp3) is 0.421. The van der Waals surface area contributed by atoms with Crippen LogP contribution < -0.4 is 10.1 Å². The Morgan fingerprint density at radius 1 is 1.33 bits per heavy atom.